The normalized spacial score (nSPS) is 11.8. The summed E-state index contributed by atoms with van der Waals surface area (Å²) in [6.45, 7) is 3.81. The molecule has 3 nitrogen and oxygen atoms in total. The van der Waals surface area contributed by atoms with Crippen LogP contribution in [0.5, 0.6) is 0 Å². The average molecular weight is 364 g/mol. The number of nitrogens with one attached hydrogen (secondary N) is 1. The van der Waals surface area contributed by atoms with Gasteiger partial charge in [0.25, 0.3) is 0 Å². The molecule has 2 rings (SSSR count). The van der Waals surface area contributed by atoms with E-state index in [9.17, 15) is 9.59 Å². The minimum absolute atomic E-state index is 0.0395. The van der Waals surface area contributed by atoms with Gasteiger partial charge in [-0.15, -0.1) is 0 Å². The maximum Gasteiger partial charge on any atom is 0.220 e. The van der Waals surface area contributed by atoms with Crippen molar-refractivity contribution in [3.63, 3.8) is 0 Å². The molecule has 1 atom stereocenters. The van der Waals surface area contributed by atoms with Crippen molar-refractivity contribution in [1.82, 2.24) is 5.32 Å². The molecule has 0 saturated carbocycles. The smallest absolute Gasteiger partial charge is 0.220 e. The van der Waals surface area contributed by atoms with Crippen molar-refractivity contribution < 1.29 is 9.59 Å². The highest BCUT2D eigenvalue weighted by Gasteiger charge is 2.14. The van der Waals surface area contributed by atoms with Crippen molar-refractivity contribution in [2.45, 2.75) is 32.7 Å². The van der Waals surface area contributed by atoms with Crippen LogP contribution in [0.4, 0.5) is 0 Å². The summed E-state index contributed by atoms with van der Waals surface area (Å²) in [5.74, 6) is -0.226. The third kappa shape index (κ3) is 5.08. The molecule has 5 heteroatoms. The number of rotatable bonds is 6. The molecule has 0 radical (unpaired) electrons. The number of aryl methyl sites for hydroxylation is 1. The van der Waals surface area contributed by atoms with Gasteiger partial charge in [-0.1, -0.05) is 59.1 Å². The van der Waals surface area contributed by atoms with Crippen LogP contribution < -0.4 is 5.32 Å². The van der Waals surface area contributed by atoms with E-state index in [1.807, 2.05) is 26.0 Å². The van der Waals surface area contributed by atoms with Gasteiger partial charge in [0, 0.05) is 28.5 Å². The minimum Gasteiger partial charge on any atom is -0.350 e. The summed E-state index contributed by atoms with van der Waals surface area (Å²) < 4.78 is 0. The maximum atomic E-state index is 12.1. The quantitative estimate of drug-likeness (QED) is 0.722. The van der Waals surface area contributed by atoms with Crippen molar-refractivity contribution in [3.8, 4) is 0 Å². The Balaban J connectivity index is 1.88. The number of amides is 1. The van der Waals surface area contributed by atoms with Crippen LogP contribution in [-0.4, -0.2) is 11.7 Å². The predicted molar refractivity (Wildman–Crippen MR) is 97.8 cm³/mol. The molecule has 0 aliphatic rings. The Labute approximate surface area is 152 Å². The van der Waals surface area contributed by atoms with Crippen molar-refractivity contribution in [3.05, 3.63) is 69.2 Å². The number of carbonyl (C=O) groups is 2. The summed E-state index contributed by atoms with van der Waals surface area (Å²) >= 11 is 12.0. The van der Waals surface area contributed by atoms with Crippen molar-refractivity contribution in [2.24, 2.45) is 0 Å². The molecule has 24 heavy (non-hydrogen) atoms. The van der Waals surface area contributed by atoms with Crippen molar-refractivity contribution >= 4 is 34.9 Å². The van der Waals surface area contributed by atoms with E-state index in [1.165, 1.54) is 0 Å². The second kappa shape index (κ2) is 8.32. The molecule has 0 fully saturated rings. The summed E-state index contributed by atoms with van der Waals surface area (Å²) in [4.78, 5) is 24.2. The number of carbonyl (C=O) groups excluding carboxylic acids is 2. The largest absolute Gasteiger partial charge is 0.350 e. The standard InChI is InChI=1S/C19H19Cl2NO2/c1-12-3-5-14(6-4-12)18(23)9-10-19(24)22-13(2)16-8-7-15(20)11-17(16)21/h3-8,11,13H,9-10H2,1-2H3,(H,22,24). The van der Waals surface area contributed by atoms with E-state index in [-0.39, 0.29) is 30.6 Å². The van der Waals surface area contributed by atoms with E-state index in [4.69, 9.17) is 23.2 Å². The van der Waals surface area contributed by atoms with Crippen molar-refractivity contribution in [1.29, 1.82) is 0 Å². The molecule has 1 amide bonds. The number of hydrogen-bond acceptors (Lipinski definition) is 2. The van der Waals surface area contributed by atoms with Crippen LogP contribution in [0.25, 0.3) is 0 Å². The molecule has 0 aliphatic carbocycles. The molecule has 0 bridgehead atoms. The van der Waals surface area contributed by atoms with Crippen LogP contribution in [0.3, 0.4) is 0 Å². The van der Waals surface area contributed by atoms with E-state index in [1.54, 1.807) is 30.3 Å². The second-order valence-corrected chi connectivity index (χ2v) is 6.59. The lowest BCUT2D eigenvalue weighted by Gasteiger charge is -2.16. The zero-order valence-corrected chi connectivity index (χ0v) is 15.1. The molecule has 126 valence electrons. The molecule has 0 heterocycles. The minimum atomic E-state index is -0.253. The predicted octanol–water partition coefficient (Wildman–Crippen LogP) is 5.14. The summed E-state index contributed by atoms with van der Waals surface area (Å²) in [5.41, 5.74) is 2.51. The Bertz CT molecular complexity index is 742. The van der Waals surface area contributed by atoms with Crippen molar-refractivity contribution in [2.75, 3.05) is 0 Å². The summed E-state index contributed by atoms with van der Waals surface area (Å²) in [7, 11) is 0. The van der Waals surface area contributed by atoms with E-state index in [2.05, 4.69) is 5.32 Å². The van der Waals surface area contributed by atoms with Gasteiger partial charge in [0.05, 0.1) is 6.04 Å². The Morgan fingerprint density at radius 2 is 1.71 bits per heavy atom. The second-order valence-electron chi connectivity index (χ2n) is 5.74. The highest BCUT2D eigenvalue weighted by molar-refractivity contribution is 6.35. The molecule has 1 N–H and O–H groups in total. The molecule has 0 saturated heterocycles. The molecular weight excluding hydrogens is 345 g/mol. The zero-order chi connectivity index (χ0) is 17.7. The first-order valence-electron chi connectivity index (χ1n) is 7.71. The zero-order valence-electron chi connectivity index (χ0n) is 13.6. The van der Waals surface area contributed by atoms with Crippen LogP contribution in [0.15, 0.2) is 42.5 Å². The van der Waals surface area contributed by atoms with E-state index in [0.29, 0.717) is 15.6 Å². The fourth-order valence-electron chi connectivity index (χ4n) is 2.35. The Kier molecular flexibility index (Phi) is 6.41. The number of Topliss-reactive ketones (excluding diaryl/α,β-unsaturated/α-hetero) is 1. The Hall–Kier alpha value is -1.84. The summed E-state index contributed by atoms with van der Waals surface area (Å²) in [6, 6.07) is 12.2. The number of halogens is 2. The highest BCUT2D eigenvalue weighted by Crippen LogP contribution is 2.26. The van der Waals surface area contributed by atoms with Gasteiger partial charge in [-0.25, -0.2) is 0 Å². The molecule has 2 aromatic rings. The van der Waals surface area contributed by atoms with E-state index >= 15 is 0 Å². The lowest BCUT2D eigenvalue weighted by Crippen LogP contribution is -2.27. The molecular formula is C19H19Cl2NO2. The van der Waals surface area contributed by atoms with Gasteiger partial charge in [0.2, 0.25) is 5.91 Å². The molecule has 1 unspecified atom stereocenters. The Morgan fingerprint density at radius 1 is 1.04 bits per heavy atom. The van der Waals surface area contributed by atoms with Gasteiger partial charge in [-0.2, -0.15) is 0 Å². The van der Waals surface area contributed by atoms with Crippen LogP contribution in [0.2, 0.25) is 10.0 Å². The average Bonchev–Trinajstić information content (AvgIpc) is 2.53. The number of ketones is 1. The molecule has 0 spiro atoms. The third-order valence-electron chi connectivity index (χ3n) is 3.76. The van der Waals surface area contributed by atoms with Crippen LogP contribution >= 0.6 is 23.2 Å². The maximum absolute atomic E-state index is 12.1. The van der Waals surface area contributed by atoms with E-state index in [0.717, 1.165) is 11.1 Å². The fraction of sp³-hybridized carbons (Fsp3) is 0.263. The summed E-state index contributed by atoms with van der Waals surface area (Å²) in [5, 5.41) is 3.91. The lowest BCUT2D eigenvalue weighted by molar-refractivity contribution is -0.121. The van der Waals surface area contributed by atoms with Gasteiger partial charge >= 0.3 is 0 Å². The molecule has 0 aliphatic heterocycles. The molecule has 2 aromatic carbocycles. The van der Waals surface area contributed by atoms with Crippen LogP contribution in [0.1, 0.15) is 47.3 Å². The number of hydrogen-bond donors (Lipinski definition) is 1. The first kappa shape index (κ1) is 18.5. The van der Waals surface area contributed by atoms with Crippen LogP contribution in [0, 0.1) is 6.92 Å². The van der Waals surface area contributed by atoms with Gasteiger partial charge in [0.15, 0.2) is 5.78 Å². The van der Waals surface area contributed by atoms with Gasteiger partial charge < -0.3 is 5.32 Å². The molecule has 0 aromatic heterocycles. The number of benzene rings is 2. The topological polar surface area (TPSA) is 46.2 Å². The van der Waals surface area contributed by atoms with Gasteiger partial charge in [-0.3, -0.25) is 9.59 Å². The van der Waals surface area contributed by atoms with Crippen LogP contribution in [-0.2, 0) is 4.79 Å². The first-order chi connectivity index (χ1) is 11.4. The monoisotopic (exact) mass is 363 g/mol. The Morgan fingerprint density at radius 3 is 2.33 bits per heavy atom. The van der Waals surface area contributed by atoms with E-state index < -0.39 is 0 Å². The highest BCUT2D eigenvalue weighted by atomic mass is 35.5. The lowest BCUT2D eigenvalue weighted by atomic mass is 10.0. The van der Waals surface area contributed by atoms with Gasteiger partial charge in [-0.05, 0) is 31.5 Å². The first-order valence-corrected chi connectivity index (χ1v) is 8.46. The van der Waals surface area contributed by atoms with Gasteiger partial charge in [0.1, 0.15) is 0 Å². The SMILES string of the molecule is Cc1ccc(C(=O)CCC(=O)NC(C)c2ccc(Cl)cc2Cl)cc1. The third-order valence-corrected chi connectivity index (χ3v) is 4.32. The fourth-order valence-corrected chi connectivity index (χ4v) is 2.93. The summed E-state index contributed by atoms with van der Waals surface area (Å²) in [6.07, 6.45) is 0.318.